The van der Waals surface area contributed by atoms with Crippen molar-refractivity contribution >= 4 is 17.4 Å². The van der Waals surface area contributed by atoms with E-state index in [1.165, 1.54) is 37.4 Å². The van der Waals surface area contributed by atoms with E-state index in [2.05, 4.69) is 0 Å². The third-order valence-corrected chi connectivity index (χ3v) is 4.03. The molecule has 0 saturated heterocycles. The van der Waals surface area contributed by atoms with Crippen molar-refractivity contribution in [3.63, 3.8) is 0 Å². The molecule has 0 aromatic heterocycles. The summed E-state index contributed by atoms with van der Waals surface area (Å²) in [4.78, 5) is 35.0. The number of rotatable bonds is 9. The van der Waals surface area contributed by atoms with Crippen molar-refractivity contribution in [2.24, 2.45) is 5.92 Å². The van der Waals surface area contributed by atoms with Crippen LogP contribution in [-0.4, -0.2) is 37.0 Å². The maximum absolute atomic E-state index is 12.3. The van der Waals surface area contributed by atoms with E-state index in [4.69, 9.17) is 14.2 Å². The number of ether oxygens (including phenoxy) is 3. The fourth-order valence-electron chi connectivity index (χ4n) is 2.45. The van der Waals surface area contributed by atoms with Crippen molar-refractivity contribution < 1.29 is 28.7 Å². The molecule has 0 aliphatic rings. The first-order valence-electron chi connectivity index (χ1n) is 8.99. The predicted molar refractivity (Wildman–Crippen MR) is 106 cm³/mol. The molecular weight excluding hydrogens is 378 g/mol. The van der Waals surface area contributed by atoms with Gasteiger partial charge < -0.3 is 14.2 Å². The second kappa shape index (κ2) is 9.68. The van der Waals surface area contributed by atoms with Gasteiger partial charge in [0, 0.05) is 17.2 Å². The second-order valence-electron chi connectivity index (χ2n) is 6.83. The molecule has 8 nitrogen and oxygen atoms in total. The number of hydrogen-bond donors (Lipinski definition) is 0. The predicted octanol–water partition coefficient (Wildman–Crippen LogP) is 3.99. The number of carbonyl (C=O) groups excluding carboxylic acids is 2. The van der Waals surface area contributed by atoms with E-state index < -0.39 is 23.3 Å². The van der Waals surface area contributed by atoms with Crippen molar-refractivity contribution in [1.29, 1.82) is 0 Å². The average Bonchev–Trinajstić information content (AvgIpc) is 2.70. The molecule has 0 aliphatic carbocycles. The molecule has 154 valence electrons. The minimum Gasteiger partial charge on any atom is -0.493 e. The molecule has 0 amide bonds. The van der Waals surface area contributed by atoms with Gasteiger partial charge in [0.25, 0.3) is 5.69 Å². The maximum atomic E-state index is 12.3. The molecule has 0 fully saturated rings. The van der Waals surface area contributed by atoms with E-state index in [1.807, 2.05) is 13.8 Å². The van der Waals surface area contributed by atoms with Crippen LogP contribution >= 0.6 is 0 Å². The largest absolute Gasteiger partial charge is 0.493 e. The monoisotopic (exact) mass is 401 g/mol. The van der Waals surface area contributed by atoms with Crippen molar-refractivity contribution in [1.82, 2.24) is 0 Å². The zero-order chi connectivity index (χ0) is 21.6. The van der Waals surface area contributed by atoms with Crippen LogP contribution in [0.4, 0.5) is 5.69 Å². The summed E-state index contributed by atoms with van der Waals surface area (Å²) < 4.78 is 15.9. The Kier molecular flexibility index (Phi) is 7.30. The lowest BCUT2D eigenvalue weighted by Gasteiger charge is -2.13. The summed E-state index contributed by atoms with van der Waals surface area (Å²) >= 11 is 0. The molecular formula is C21H23NO7. The Hall–Kier alpha value is -3.42. The van der Waals surface area contributed by atoms with E-state index in [1.54, 1.807) is 13.0 Å². The first kappa shape index (κ1) is 21.9. The van der Waals surface area contributed by atoms with Crippen LogP contribution in [0.15, 0.2) is 36.4 Å². The Morgan fingerprint density at radius 2 is 1.76 bits per heavy atom. The van der Waals surface area contributed by atoms with E-state index in [9.17, 15) is 19.7 Å². The number of aryl methyl sites for hydroxylation is 1. The number of Topliss-reactive ketones (excluding diaryl/α,β-unsaturated/α-hetero) is 1. The van der Waals surface area contributed by atoms with Gasteiger partial charge in [-0.2, -0.15) is 0 Å². The van der Waals surface area contributed by atoms with E-state index in [0.717, 1.165) is 0 Å². The van der Waals surface area contributed by atoms with Crippen molar-refractivity contribution in [2.75, 3.05) is 20.3 Å². The number of hydrogen-bond acceptors (Lipinski definition) is 7. The summed E-state index contributed by atoms with van der Waals surface area (Å²) in [5, 5.41) is 11.0. The van der Waals surface area contributed by atoms with Crippen LogP contribution < -0.4 is 9.47 Å². The second-order valence-corrected chi connectivity index (χ2v) is 6.83. The summed E-state index contributed by atoms with van der Waals surface area (Å²) in [6.45, 7) is 5.56. The summed E-state index contributed by atoms with van der Waals surface area (Å²) in [6, 6.07) is 8.70. The lowest BCUT2D eigenvalue weighted by atomic mass is 10.1. The Bertz CT molecular complexity index is 921. The van der Waals surface area contributed by atoms with Gasteiger partial charge in [-0.3, -0.25) is 14.9 Å². The Morgan fingerprint density at radius 1 is 1.07 bits per heavy atom. The normalized spacial score (nSPS) is 10.5. The standard InChI is InChI=1S/C21H23NO7/c1-13(2)11-28-19-8-7-16(10-20(19)27-4)21(24)29-12-18(23)15-6-5-14(3)17(9-15)22(25)26/h5-10,13H,11-12H2,1-4H3. The Morgan fingerprint density at radius 3 is 2.38 bits per heavy atom. The molecule has 0 radical (unpaired) electrons. The number of nitro benzene ring substituents is 1. The molecule has 0 spiro atoms. The van der Waals surface area contributed by atoms with E-state index in [-0.39, 0.29) is 16.8 Å². The first-order valence-corrected chi connectivity index (χ1v) is 8.99. The Balaban J connectivity index is 2.06. The first-order chi connectivity index (χ1) is 13.7. The minimum atomic E-state index is -0.714. The van der Waals surface area contributed by atoms with Gasteiger partial charge in [-0.1, -0.05) is 26.0 Å². The van der Waals surface area contributed by atoms with Gasteiger partial charge in [0.15, 0.2) is 18.1 Å². The van der Waals surface area contributed by atoms with Crippen LogP contribution in [-0.2, 0) is 4.74 Å². The van der Waals surface area contributed by atoms with Crippen LogP contribution in [0.25, 0.3) is 0 Å². The fraction of sp³-hybridized carbons (Fsp3) is 0.333. The summed E-state index contributed by atoms with van der Waals surface area (Å²) in [6.07, 6.45) is 0. The molecule has 0 atom stereocenters. The van der Waals surface area contributed by atoms with Crippen LogP contribution in [0.5, 0.6) is 11.5 Å². The van der Waals surface area contributed by atoms with Crippen LogP contribution in [0.2, 0.25) is 0 Å². The highest BCUT2D eigenvalue weighted by molar-refractivity contribution is 6.00. The highest BCUT2D eigenvalue weighted by Gasteiger charge is 2.18. The van der Waals surface area contributed by atoms with Gasteiger partial charge in [-0.05, 0) is 31.0 Å². The number of esters is 1. The fourth-order valence-corrected chi connectivity index (χ4v) is 2.45. The molecule has 0 saturated carbocycles. The number of ketones is 1. The van der Waals surface area contributed by atoms with Gasteiger partial charge in [-0.25, -0.2) is 4.79 Å². The molecule has 0 N–H and O–H groups in total. The quantitative estimate of drug-likeness (QED) is 0.271. The number of nitrogens with zero attached hydrogens (tertiary/aromatic N) is 1. The minimum absolute atomic E-state index is 0.102. The number of carbonyl (C=O) groups is 2. The molecule has 2 aromatic carbocycles. The summed E-state index contributed by atoms with van der Waals surface area (Å²) in [5.41, 5.74) is 0.575. The maximum Gasteiger partial charge on any atom is 0.338 e. The molecule has 2 rings (SSSR count). The summed E-state index contributed by atoms with van der Waals surface area (Å²) in [5.74, 6) is -0.0479. The third-order valence-electron chi connectivity index (χ3n) is 4.03. The molecule has 0 heterocycles. The van der Waals surface area contributed by atoms with Crippen LogP contribution in [0.1, 0.15) is 40.1 Å². The zero-order valence-electron chi connectivity index (χ0n) is 16.8. The summed E-state index contributed by atoms with van der Waals surface area (Å²) in [7, 11) is 1.46. The molecule has 0 unspecified atom stereocenters. The average molecular weight is 401 g/mol. The molecule has 2 aromatic rings. The topological polar surface area (TPSA) is 105 Å². The van der Waals surface area contributed by atoms with Gasteiger partial charge in [0.1, 0.15) is 0 Å². The third kappa shape index (κ3) is 5.78. The van der Waals surface area contributed by atoms with Crippen LogP contribution in [0.3, 0.4) is 0 Å². The molecule has 8 heteroatoms. The SMILES string of the molecule is COc1cc(C(=O)OCC(=O)c2ccc(C)c([N+](=O)[O-])c2)ccc1OCC(C)C. The lowest BCUT2D eigenvalue weighted by molar-refractivity contribution is -0.385. The highest BCUT2D eigenvalue weighted by Crippen LogP contribution is 2.29. The van der Waals surface area contributed by atoms with Crippen molar-refractivity contribution in [2.45, 2.75) is 20.8 Å². The van der Waals surface area contributed by atoms with E-state index in [0.29, 0.717) is 29.6 Å². The van der Waals surface area contributed by atoms with Crippen molar-refractivity contribution in [3.05, 3.63) is 63.2 Å². The lowest BCUT2D eigenvalue weighted by Crippen LogP contribution is -2.15. The molecule has 0 aliphatic heterocycles. The van der Waals surface area contributed by atoms with Gasteiger partial charge in [-0.15, -0.1) is 0 Å². The van der Waals surface area contributed by atoms with Crippen molar-refractivity contribution in [3.8, 4) is 11.5 Å². The van der Waals surface area contributed by atoms with Gasteiger partial charge in [0.05, 0.1) is 24.2 Å². The smallest absolute Gasteiger partial charge is 0.338 e. The van der Waals surface area contributed by atoms with Gasteiger partial charge in [0.2, 0.25) is 5.78 Å². The number of nitro groups is 1. The van der Waals surface area contributed by atoms with Crippen LogP contribution in [0, 0.1) is 23.0 Å². The molecule has 0 bridgehead atoms. The number of benzene rings is 2. The number of methoxy groups -OCH3 is 1. The Labute approximate surface area is 168 Å². The van der Waals surface area contributed by atoms with E-state index >= 15 is 0 Å². The molecule has 29 heavy (non-hydrogen) atoms. The highest BCUT2D eigenvalue weighted by atomic mass is 16.6. The van der Waals surface area contributed by atoms with Gasteiger partial charge >= 0.3 is 5.97 Å². The zero-order valence-corrected chi connectivity index (χ0v) is 16.8.